The van der Waals surface area contributed by atoms with Gasteiger partial charge in [0.1, 0.15) is 61.9 Å². The minimum atomic E-state index is -5.60. The fourth-order valence-electron chi connectivity index (χ4n) is 15.1. The van der Waals surface area contributed by atoms with Crippen LogP contribution in [-0.2, 0) is 76.1 Å². The van der Waals surface area contributed by atoms with Gasteiger partial charge >= 0.3 is 12.4 Å². The SMILES string of the molecule is COc1ccc2c(c1)C(=O)N(C[C@@]1(C#Cc3ccc(C(O)(O)C(F)(F)F)cc3)CC(=O)NC1=O)C2.COc1ccc2c(c1)C(=O)N(C[C@@]1(C#Cc3ccc(F)c(C(O)(O)C(F)(F)F)c3)CC(=O)NC1=O)C2.COc1ccc2c(c1)C(=O)N(C[C@@]1(C#Cc3ccnc(SC)n3)CC(=O)NC1=O)C2.COc1ccc2c(c1)C(=O)N(C[C@]1(C#Cc3ccnc(SC)n3)CC(=O)NC1=O)C2. The minimum absolute atomic E-state index is 0.00781. The average Bonchev–Trinajstić information content (AvgIpc) is 1.69. The molecule has 12 amide bonds. The summed E-state index contributed by atoms with van der Waals surface area (Å²) in [7, 11) is 5.97. The van der Waals surface area contributed by atoms with Gasteiger partial charge < -0.3 is 59.0 Å². The molecule has 8 aliphatic heterocycles. The van der Waals surface area contributed by atoms with Crippen molar-refractivity contribution in [3.8, 4) is 70.4 Å². The van der Waals surface area contributed by atoms with Crippen LogP contribution in [0.3, 0.4) is 0 Å². The molecular weight excluding hydrogens is 1770 g/mol. The molecule has 41 heteroatoms. The lowest BCUT2D eigenvalue weighted by atomic mass is 9.85. The number of fused-ring (bicyclic) bond motifs is 4. The van der Waals surface area contributed by atoms with E-state index in [1.807, 2.05) is 24.6 Å². The summed E-state index contributed by atoms with van der Waals surface area (Å²) in [5.41, 5.74) is -2.61. The number of nitrogens with zero attached hydrogens (tertiary/aromatic N) is 8. The number of ether oxygens (including phenoxy) is 4. The molecule has 8 aliphatic rings. The number of aliphatic hydroxyl groups is 4. The number of carbonyl (C=O) groups is 12. The Morgan fingerprint density at radius 1 is 0.389 bits per heavy atom. The van der Waals surface area contributed by atoms with Crippen LogP contribution in [0.5, 0.6) is 23.0 Å². The van der Waals surface area contributed by atoms with Gasteiger partial charge in [-0.25, -0.2) is 24.3 Å². The van der Waals surface area contributed by atoms with E-state index in [4.69, 9.17) is 18.9 Å². The Kier molecular flexibility index (Phi) is 26.7. The summed E-state index contributed by atoms with van der Waals surface area (Å²) in [5, 5.41) is 47.7. The molecule has 0 saturated carbocycles. The molecule has 0 bridgehead atoms. The van der Waals surface area contributed by atoms with Gasteiger partial charge in [0.15, 0.2) is 10.3 Å². The van der Waals surface area contributed by atoms with Gasteiger partial charge in [0.2, 0.25) is 47.3 Å². The van der Waals surface area contributed by atoms with Crippen LogP contribution in [0.25, 0.3) is 0 Å². The minimum Gasteiger partial charge on any atom is -0.497 e. The van der Waals surface area contributed by atoms with Crippen molar-refractivity contribution in [2.45, 2.75) is 86.1 Å². The van der Waals surface area contributed by atoms with Gasteiger partial charge in [-0.2, -0.15) is 26.3 Å². The quantitative estimate of drug-likeness (QED) is 0.0148. The number of benzene rings is 6. The van der Waals surface area contributed by atoms with Gasteiger partial charge in [-0.1, -0.05) is 95.4 Å². The molecule has 0 unspecified atom stereocenters. The summed E-state index contributed by atoms with van der Waals surface area (Å²) in [6, 6.07) is 29.7. The maximum atomic E-state index is 14.0. The van der Waals surface area contributed by atoms with Gasteiger partial charge in [0.05, 0.1) is 59.7 Å². The maximum absolute atomic E-state index is 14.0. The molecule has 0 spiro atoms. The molecule has 131 heavy (non-hydrogen) atoms. The van der Waals surface area contributed by atoms with Crippen LogP contribution in [0.15, 0.2) is 150 Å². The first-order chi connectivity index (χ1) is 62.0. The third-order valence-corrected chi connectivity index (χ3v) is 23.2. The highest BCUT2D eigenvalue weighted by Crippen LogP contribution is 2.43. The van der Waals surface area contributed by atoms with Crippen LogP contribution < -0.4 is 40.2 Å². The number of methoxy groups -OCH3 is 4. The van der Waals surface area contributed by atoms with Crippen molar-refractivity contribution in [3.63, 3.8) is 0 Å². The third-order valence-electron chi connectivity index (χ3n) is 22.0. The molecular formula is C90H73F7N12O20S2. The highest BCUT2D eigenvalue weighted by atomic mass is 32.2. The first-order valence-electron chi connectivity index (χ1n) is 39.0. The predicted octanol–water partition coefficient (Wildman–Crippen LogP) is 5.50. The van der Waals surface area contributed by atoms with E-state index in [1.165, 1.54) is 67.8 Å². The maximum Gasteiger partial charge on any atom is 0.447 e. The van der Waals surface area contributed by atoms with E-state index in [1.54, 1.807) is 88.9 Å². The highest BCUT2D eigenvalue weighted by Gasteiger charge is 2.58. The van der Waals surface area contributed by atoms with Crippen molar-refractivity contribution >= 4 is 94.4 Å². The Hall–Kier alpha value is -14.6. The molecule has 6 aromatic carbocycles. The highest BCUT2D eigenvalue weighted by molar-refractivity contribution is 7.98. The van der Waals surface area contributed by atoms with Gasteiger partial charge in [-0.3, -0.25) is 78.8 Å². The van der Waals surface area contributed by atoms with Crippen molar-refractivity contribution in [2.24, 2.45) is 21.7 Å². The molecule has 674 valence electrons. The second-order valence-corrected chi connectivity index (χ2v) is 32.3. The fraction of sp³-hybridized carbons (Fsp3) is 0.289. The molecule has 0 aliphatic carbocycles. The second-order valence-electron chi connectivity index (χ2n) is 30.8. The van der Waals surface area contributed by atoms with E-state index >= 15 is 0 Å². The Labute approximate surface area is 748 Å². The standard InChI is InChI=1S/C24H18F4N2O6.C24H19F3N2O6.2C21H18N4O4S/c1-36-15-4-3-14-11-30(20(32)16(14)9-15)12-22(10-19(31)29-21(22)33)7-6-13-2-5-18(25)17(8-13)23(34,35)24(26,27)28;1-35-17-7-4-15-12-29(20(31)18(15)10-17)13-22(11-19(30)28-21(22)32)9-8-14-2-5-16(6-3-14)23(33,34)24(25,26)27;2*1-29-15-4-3-13-11-25(18(27)16(13)9-15)12-21(10-17(26)24-19(21)28)7-5-14-6-8-22-20(23-14)30-2/h2-5,8-9,34-35H,10-12H2,1H3,(H,29,31,33);2-7,10,33-34H,11-13H2,1H3,(H,28,30,32);2*3-4,6,8-9H,10-12H2,1-2H3,(H,24,26,28)/t2*22-;2*21-/m1110/s1. The third kappa shape index (κ3) is 19.7. The summed E-state index contributed by atoms with van der Waals surface area (Å²) in [6.07, 6.45) is -4.99. The van der Waals surface area contributed by atoms with Crippen LogP contribution in [-0.4, -0.2) is 210 Å². The lowest BCUT2D eigenvalue weighted by molar-refractivity contribution is -0.359. The number of hydrogen-bond acceptors (Lipinski definition) is 26. The Morgan fingerprint density at radius 2 is 0.679 bits per heavy atom. The molecule has 8 aromatic rings. The first kappa shape index (κ1) is 94.0. The number of thioether (sulfide) groups is 2. The van der Waals surface area contributed by atoms with Crippen molar-refractivity contribution in [3.05, 3.63) is 224 Å². The van der Waals surface area contributed by atoms with Gasteiger partial charge in [-0.15, -0.1) is 0 Å². The van der Waals surface area contributed by atoms with Crippen LogP contribution >= 0.6 is 23.5 Å². The van der Waals surface area contributed by atoms with Crippen LogP contribution in [0.2, 0.25) is 0 Å². The predicted molar refractivity (Wildman–Crippen MR) is 444 cm³/mol. The van der Waals surface area contributed by atoms with Crippen molar-refractivity contribution in [2.75, 3.05) is 67.1 Å². The second kappa shape index (κ2) is 37.2. The van der Waals surface area contributed by atoms with E-state index in [-0.39, 0.29) is 87.4 Å². The number of rotatable bonds is 16. The van der Waals surface area contributed by atoms with Crippen LogP contribution in [0, 0.1) is 74.8 Å². The van der Waals surface area contributed by atoms with Crippen LogP contribution in [0.4, 0.5) is 30.7 Å². The number of amides is 12. The van der Waals surface area contributed by atoms with Gasteiger partial charge in [0.25, 0.3) is 35.2 Å². The summed E-state index contributed by atoms with van der Waals surface area (Å²) in [4.78, 5) is 173. The molecule has 16 rings (SSSR count). The van der Waals surface area contributed by atoms with E-state index in [2.05, 4.69) is 88.6 Å². The number of alkyl halides is 6. The zero-order chi connectivity index (χ0) is 94.7. The largest absolute Gasteiger partial charge is 0.497 e. The van der Waals surface area contributed by atoms with Crippen LogP contribution in [0.1, 0.15) is 123 Å². The molecule has 10 heterocycles. The number of carbonyl (C=O) groups excluding carboxylic acids is 12. The molecule has 4 fully saturated rings. The molecule has 32 nitrogen and oxygen atoms in total. The Morgan fingerprint density at radius 3 is 0.954 bits per heavy atom. The summed E-state index contributed by atoms with van der Waals surface area (Å²) >= 11 is 2.75. The first-order valence-corrected chi connectivity index (χ1v) is 41.5. The van der Waals surface area contributed by atoms with E-state index in [0.717, 1.165) is 47.0 Å². The summed E-state index contributed by atoms with van der Waals surface area (Å²) in [6.45, 7) is 0.517. The lowest BCUT2D eigenvalue weighted by Gasteiger charge is -2.26. The normalized spacial score (nSPS) is 19.8. The van der Waals surface area contributed by atoms with Crippen molar-refractivity contribution < 1.29 is 128 Å². The van der Waals surface area contributed by atoms with Gasteiger partial charge in [-0.05, 0) is 138 Å². The van der Waals surface area contributed by atoms with Crippen molar-refractivity contribution in [1.29, 1.82) is 0 Å². The summed E-state index contributed by atoms with van der Waals surface area (Å²) in [5.74, 6) is 8.31. The van der Waals surface area contributed by atoms with E-state index in [9.17, 15) is 109 Å². The lowest BCUT2D eigenvalue weighted by Crippen LogP contribution is -2.42. The zero-order valence-electron chi connectivity index (χ0n) is 69.6. The molecule has 4 saturated heterocycles. The van der Waals surface area contributed by atoms with Crippen molar-refractivity contribution in [1.82, 2.24) is 60.8 Å². The molecule has 0 radical (unpaired) electrons. The molecule has 2 aromatic heterocycles. The number of nitrogens with one attached hydrogen (secondary N) is 4. The van der Waals surface area contributed by atoms with Gasteiger partial charge in [0, 0.05) is 104 Å². The number of hydrogen-bond donors (Lipinski definition) is 8. The molecule has 8 N–H and O–H groups in total. The summed E-state index contributed by atoms with van der Waals surface area (Å²) < 4.78 is 112. The molecule has 4 atom stereocenters. The topological polar surface area (TPSA) is 435 Å². The monoisotopic (exact) mass is 1840 g/mol. The fourth-order valence-corrected chi connectivity index (χ4v) is 15.8. The Balaban J connectivity index is 0.000000149. The number of halogens is 7. The smallest absolute Gasteiger partial charge is 0.447 e. The number of imide groups is 4. The van der Waals surface area contributed by atoms with E-state index in [0.29, 0.717) is 97.7 Å². The zero-order valence-corrected chi connectivity index (χ0v) is 71.3. The Bertz CT molecular complexity index is 6220. The number of aromatic nitrogens is 4. The average molecular weight is 1840 g/mol. The van der Waals surface area contributed by atoms with E-state index < -0.39 is 122 Å².